The third-order valence-corrected chi connectivity index (χ3v) is 3.52. The number of carbonyl (C=O) groups is 1. The van der Waals surface area contributed by atoms with Crippen LogP contribution in [0.2, 0.25) is 5.28 Å². The van der Waals surface area contributed by atoms with Crippen LogP contribution in [0.1, 0.15) is 18.5 Å². The molecule has 0 bridgehead atoms. The van der Waals surface area contributed by atoms with Crippen LogP contribution in [0.15, 0.2) is 36.7 Å². The number of hydrogen-bond acceptors (Lipinski definition) is 5. The van der Waals surface area contributed by atoms with Crippen LogP contribution in [0.3, 0.4) is 0 Å². The molecule has 0 saturated carbocycles. The van der Waals surface area contributed by atoms with Gasteiger partial charge in [-0.05, 0) is 24.1 Å². The van der Waals surface area contributed by atoms with E-state index in [1.54, 1.807) is 0 Å². The normalized spacial score (nSPS) is 12.1. The van der Waals surface area contributed by atoms with E-state index in [1.165, 1.54) is 6.33 Å². The zero-order valence-corrected chi connectivity index (χ0v) is 13.1. The van der Waals surface area contributed by atoms with Gasteiger partial charge in [-0.2, -0.15) is 9.97 Å². The summed E-state index contributed by atoms with van der Waals surface area (Å²) in [5, 5.41) is 5.95. The molecule has 1 atom stereocenters. The van der Waals surface area contributed by atoms with Crippen molar-refractivity contribution in [1.29, 1.82) is 0 Å². The van der Waals surface area contributed by atoms with Gasteiger partial charge < -0.3 is 15.6 Å². The van der Waals surface area contributed by atoms with E-state index < -0.39 is 0 Å². The summed E-state index contributed by atoms with van der Waals surface area (Å²) < 4.78 is 0. The number of benzene rings is 1. The van der Waals surface area contributed by atoms with Crippen molar-refractivity contribution in [2.75, 3.05) is 11.9 Å². The first-order valence-corrected chi connectivity index (χ1v) is 7.46. The predicted octanol–water partition coefficient (Wildman–Crippen LogP) is 2.30. The molecule has 0 aliphatic rings. The maximum absolute atomic E-state index is 12.1. The van der Waals surface area contributed by atoms with Gasteiger partial charge in [-0.1, -0.05) is 30.3 Å². The number of rotatable bonds is 5. The summed E-state index contributed by atoms with van der Waals surface area (Å²) in [7, 11) is 0. The molecule has 0 spiro atoms. The molecule has 0 saturated heterocycles. The van der Waals surface area contributed by atoms with Crippen molar-refractivity contribution < 1.29 is 4.79 Å². The summed E-state index contributed by atoms with van der Waals surface area (Å²) in [6, 6.07) is 9.68. The minimum atomic E-state index is -0.149. The van der Waals surface area contributed by atoms with Crippen molar-refractivity contribution in [3.05, 3.63) is 47.5 Å². The SMILES string of the molecule is CC(NC(=O)CNc1nc(Cl)nc2nc[nH]c12)c1ccccc1. The molecule has 7 nitrogen and oxygen atoms in total. The first kappa shape index (κ1) is 15.2. The number of halogens is 1. The number of hydrogen-bond donors (Lipinski definition) is 3. The molecular weight excluding hydrogens is 316 g/mol. The van der Waals surface area contributed by atoms with Crippen molar-refractivity contribution in [3.63, 3.8) is 0 Å². The molecule has 0 aliphatic carbocycles. The number of fused-ring (bicyclic) bond motifs is 1. The fourth-order valence-electron chi connectivity index (χ4n) is 2.22. The van der Waals surface area contributed by atoms with Crippen molar-refractivity contribution in [2.45, 2.75) is 13.0 Å². The van der Waals surface area contributed by atoms with E-state index in [1.807, 2.05) is 37.3 Å². The van der Waals surface area contributed by atoms with Gasteiger partial charge in [0.25, 0.3) is 0 Å². The minimum Gasteiger partial charge on any atom is -0.359 e. The third kappa shape index (κ3) is 3.57. The van der Waals surface area contributed by atoms with E-state index in [4.69, 9.17) is 11.6 Å². The maximum atomic E-state index is 12.1. The summed E-state index contributed by atoms with van der Waals surface area (Å²) >= 11 is 5.84. The molecule has 1 unspecified atom stereocenters. The lowest BCUT2D eigenvalue weighted by molar-refractivity contribution is -0.120. The van der Waals surface area contributed by atoms with Crippen molar-refractivity contribution in [2.24, 2.45) is 0 Å². The number of imidazole rings is 1. The number of aromatic amines is 1. The van der Waals surface area contributed by atoms with Gasteiger partial charge in [-0.15, -0.1) is 0 Å². The Bertz CT molecular complexity index is 819. The zero-order valence-electron chi connectivity index (χ0n) is 12.4. The number of carbonyl (C=O) groups excluding carboxylic acids is 1. The highest BCUT2D eigenvalue weighted by Gasteiger charge is 2.12. The van der Waals surface area contributed by atoms with Crippen LogP contribution >= 0.6 is 11.6 Å². The summed E-state index contributed by atoms with van der Waals surface area (Å²) in [6.07, 6.45) is 1.50. The van der Waals surface area contributed by atoms with Crippen LogP contribution in [-0.4, -0.2) is 32.4 Å². The van der Waals surface area contributed by atoms with Crippen LogP contribution < -0.4 is 10.6 Å². The summed E-state index contributed by atoms with van der Waals surface area (Å²) in [5.74, 6) is 0.295. The topological polar surface area (TPSA) is 95.6 Å². The minimum absolute atomic E-state index is 0.0681. The second-order valence-electron chi connectivity index (χ2n) is 5.00. The van der Waals surface area contributed by atoms with Crippen LogP contribution in [0, 0.1) is 0 Å². The number of nitrogens with zero attached hydrogens (tertiary/aromatic N) is 3. The number of amides is 1. The molecular formula is C15H15ClN6O. The average molecular weight is 331 g/mol. The molecule has 1 aromatic carbocycles. The Morgan fingerprint density at radius 1 is 1.30 bits per heavy atom. The van der Waals surface area contributed by atoms with E-state index in [0.29, 0.717) is 17.0 Å². The van der Waals surface area contributed by atoms with Crippen LogP contribution in [0.25, 0.3) is 11.2 Å². The van der Waals surface area contributed by atoms with E-state index in [0.717, 1.165) is 5.56 Å². The Labute approximate surface area is 137 Å². The van der Waals surface area contributed by atoms with Crippen LogP contribution in [0.4, 0.5) is 5.82 Å². The summed E-state index contributed by atoms with van der Waals surface area (Å²) in [6.45, 7) is 2.00. The second kappa shape index (κ2) is 6.62. The quantitative estimate of drug-likeness (QED) is 0.624. The first-order valence-electron chi connectivity index (χ1n) is 7.08. The van der Waals surface area contributed by atoms with Gasteiger partial charge in [0, 0.05) is 0 Å². The molecule has 0 aliphatic heterocycles. The maximum Gasteiger partial charge on any atom is 0.239 e. The molecule has 3 rings (SSSR count). The van der Waals surface area contributed by atoms with E-state index in [2.05, 4.69) is 30.6 Å². The Kier molecular flexibility index (Phi) is 4.38. The molecule has 8 heteroatoms. The van der Waals surface area contributed by atoms with Crippen molar-refractivity contribution in [1.82, 2.24) is 25.3 Å². The number of H-pyrrole nitrogens is 1. The lowest BCUT2D eigenvalue weighted by Gasteiger charge is -2.14. The Balaban J connectivity index is 1.63. The largest absolute Gasteiger partial charge is 0.359 e. The van der Waals surface area contributed by atoms with Gasteiger partial charge in [0.15, 0.2) is 11.5 Å². The molecule has 2 aromatic heterocycles. The van der Waals surface area contributed by atoms with E-state index >= 15 is 0 Å². The van der Waals surface area contributed by atoms with Gasteiger partial charge in [0.05, 0.1) is 18.9 Å². The highest BCUT2D eigenvalue weighted by molar-refractivity contribution is 6.28. The molecule has 3 N–H and O–H groups in total. The Hall–Kier alpha value is -2.67. The number of aromatic nitrogens is 4. The highest BCUT2D eigenvalue weighted by Crippen LogP contribution is 2.18. The van der Waals surface area contributed by atoms with E-state index in [-0.39, 0.29) is 23.8 Å². The highest BCUT2D eigenvalue weighted by atomic mass is 35.5. The van der Waals surface area contributed by atoms with Crippen molar-refractivity contribution >= 4 is 34.5 Å². The smallest absolute Gasteiger partial charge is 0.239 e. The summed E-state index contributed by atoms with van der Waals surface area (Å²) in [5.41, 5.74) is 2.10. The molecule has 2 heterocycles. The van der Waals surface area contributed by atoms with Gasteiger partial charge in [-0.3, -0.25) is 4.79 Å². The van der Waals surface area contributed by atoms with E-state index in [9.17, 15) is 4.79 Å². The van der Waals surface area contributed by atoms with Crippen molar-refractivity contribution in [3.8, 4) is 0 Å². The third-order valence-electron chi connectivity index (χ3n) is 3.35. The predicted molar refractivity (Wildman–Crippen MR) is 88.2 cm³/mol. The number of anilines is 1. The summed E-state index contributed by atoms with van der Waals surface area (Å²) in [4.78, 5) is 27.1. The first-order chi connectivity index (χ1) is 11.1. The lowest BCUT2D eigenvalue weighted by atomic mass is 10.1. The second-order valence-corrected chi connectivity index (χ2v) is 5.33. The molecule has 0 fully saturated rings. The monoisotopic (exact) mass is 330 g/mol. The van der Waals surface area contributed by atoms with Crippen LogP contribution in [-0.2, 0) is 4.79 Å². The fourth-order valence-corrected chi connectivity index (χ4v) is 2.38. The molecule has 0 radical (unpaired) electrons. The fraction of sp³-hybridized carbons (Fsp3) is 0.200. The zero-order chi connectivity index (χ0) is 16.2. The van der Waals surface area contributed by atoms with Gasteiger partial charge >= 0.3 is 0 Å². The molecule has 118 valence electrons. The standard InChI is InChI=1S/C15H15ClN6O/c1-9(10-5-3-2-4-6-10)20-11(23)7-17-13-12-14(19-8-18-12)22-15(16)21-13/h2-6,8-9H,7H2,1H3,(H,20,23)(H2,17,18,19,21,22). The molecule has 1 amide bonds. The van der Waals surface area contributed by atoms with Gasteiger partial charge in [0.2, 0.25) is 11.2 Å². The molecule has 23 heavy (non-hydrogen) atoms. The number of nitrogens with one attached hydrogen (secondary N) is 3. The molecule has 3 aromatic rings. The van der Waals surface area contributed by atoms with Crippen LogP contribution in [0.5, 0.6) is 0 Å². The van der Waals surface area contributed by atoms with Gasteiger partial charge in [0.1, 0.15) is 5.52 Å². The lowest BCUT2D eigenvalue weighted by Crippen LogP contribution is -2.32. The Morgan fingerprint density at radius 3 is 2.87 bits per heavy atom. The van der Waals surface area contributed by atoms with Gasteiger partial charge in [-0.25, -0.2) is 4.98 Å². The Morgan fingerprint density at radius 2 is 2.09 bits per heavy atom. The average Bonchev–Trinajstić information content (AvgIpc) is 3.01.